The van der Waals surface area contributed by atoms with Crippen LogP contribution in [-0.4, -0.2) is 33.9 Å². The molecule has 4 nitrogen and oxygen atoms in total. The number of carbonyl (C=O) groups is 1. The second kappa shape index (κ2) is 4.58. The van der Waals surface area contributed by atoms with Gasteiger partial charge in [0, 0.05) is 31.4 Å². The molecule has 1 saturated heterocycles. The van der Waals surface area contributed by atoms with Crippen LogP contribution >= 0.6 is 0 Å². The van der Waals surface area contributed by atoms with E-state index in [1.165, 1.54) is 0 Å². The summed E-state index contributed by atoms with van der Waals surface area (Å²) in [5, 5.41) is 0. The molecule has 0 N–H and O–H groups in total. The third kappa shape index (κ3) is 2.13. The van der Waals surface area contributed by atoms with E-state index >= 15 is 0 Å². The Morgan fingerprint density at radius 1 is 1.32 bits per heavy atom. The van der Waals surface area contributed by atoms with Crippen molar-refractivity contribution in [2.75, 3.05) is 13.1 Å². The molecular formula is C15H21N3O. The summed E-state index contributed by atoms with van der Waals surface area (Å²) in [5.74, 6) is 3.56. The quantitative estimate of drug-likeness (QED) is 0.833. The Balaban J connectivity index is 1.56. The molecular weight excluding hydrogens is 238 g/mol. The van der Waals surface area contributed by atoms with Crippen molar-refractivity contribution in [2.45, 2.75) is 26.7 Å². The van der Waals surface area contributed by atoms with Gasteiger partial charge in [0.1, 0.15) is 5.82 Å². The lowest BCUT2D eigenvalue weighted by atomic mass is 9.97. The van der Waals surface area contributed by atoms with E-state index in [0.29, 0.717) is 29.6 Å². The van der Waals surface area contributed by atoms with Gasteiger partial charge in [0.15, 0.2) is 0 Å². The van der Waals surface area contributed by atoms with Crippen LogP contribution in [0.25, 0.3) is 0 Å². The standard InChI is InChI=1S/C15H21N3O/c1-9(2)12-10(3)13(12)15(19)18-7-11(8-18)14-16-5-4-6-17-14/h4-6,9-13H,7-8H2,1-3H3. The van der Waals surface area contributed by atoms with Crippen molar-refractivity contribution in [1.82, 2.24) is 14.9 Å². The molecule has 3 rings (SSSR count). The molecule has 2 fully saturated rings. The van der Waals surface area contributed by atoms with Crippen LogP contribution in [0.15, 0.2) is 18.5 Å². The number of hydrogen-bond donors (Lipinski definition) is 0. The van der Waals surface area contributed by atoms with Gasteiger partial charge in [0.05, 0.1) is 5.92 Å². The Morgan fingerprint density at radius 3 is 2.47 bits per heavy atom. The van der Waals surface area contributed by atoms with Gasteiger partial charge in [-0.3, -0.25) is 4.79 Å². The lowest BCUT2D eigenvalue weighted by molar-refractivity contribution is -0.137. The lowest BCUT2D eigenvalue weighted by Crippen LogP contribution is -2.50. The zero-order valence-electron chi connectivity index (χ0n) is 11.8. The van der Waals surface area contributed by atoms with Gasteiger partial charge in [-0.05, 0) is 23.8 Å². The fraction of sp³-hybridized carbons (Fsp3) is 0.667. The molecule has 1 saturated carbocycles. The minimum Gasteiger partial charge on any atom is -0.341 e. The van der Waals surface area contributed by atoms with Crippen molar-refractivity contribution in [3.63, 3.8) is 0 Å². The Hall–Kier alpha value is -1.45. The minimum atomic E-state index is 0.262. The third-order valence-corrected chi connectivity index (χ3v) is 4.65. The van der Waals surface area contributed by atoms with Gasteiger partial charge < -0.3 is 4.90 Å². The largest absolute Gasteiger partial charge is 0.341 e. The zero-order valence-corrected chi connectivity index (χ0v) is 11.8. The van der Waals surface area contributed by atoms with E-state index in [0.717, 1.165) is 18.9 Å². The first kappa shape index (κ1) is 12.6. The first-order valence-electron chi connectivity index (χ1n) is 7.15. The first-order valence-corrected chi connectivity index (χ1v) is 7.15. The molecule has 0 radical (unpaired) electrons. The Labute approximate surface area is 114 Å². The van der Waals surface area contributed by atoms with Crippen LogP contribution in [0.5, 0.6) is 0 Å². The maximum absolute atomic E-state index is 12.4. The molecule has 19 heavy (non-hydrogen) atoms. The summed E-state index contributed by atoms with van der Waals surface area (Å²) in [5.41, 5.74) is 0. The second-order valence-corrected chi connectivity index (χ2v) is 6.25. The summed E-state index contributed by atoms with van der Waals surface area (Å²) in [4.78, 5) is 22.9. The molecule has 3 atom stereocenters. The number of amides is 1. The van der Waals surface area contributed by atoms with Crippen LogP contribution in [0.4, 0.5) is 0 Å². The Kier molecular flexibility index (Phi) is 3.03. The molecule has 0 spiro atoms. The second-order valence-electron chi connectivity index (χ2n) is 6.25. The van der Waals surface area contributed by atoms with Gasteiger partial charge in [-0.15, -0.1) is 0 Å². The van der Waals surface area contributed by atoms with Gasteiger partial charge in [-0.25, -0.2) is 9.97 Å². The van der Waals surface area contributed by atoms with Crippen molar-refractivity contribution < 1.29 is 4.79 Å². The van der Waals surface area contributed by atoms with Gasteiger partial charge in [-0.1, -0.05) is 20.8 Å². The summed E-state index contributed by atoms with van der Waals surface area (Å²) < 4.78 is 0. The third-order valence-electron chi connectivity index (χ3n) is 4.65. The van der Waals surface area contributed by atoms with Crippen LogP contribution in [0.3, 0.4) is 0 Å². The molecule has 3 unspecified atom stereocenters. The number of rotatable bonds is 3. The lowest BCUT2D eigenvalue weighted by Gasteiger charge is -2.38. The van der Waals surface area contributed by atoms with E-state index in [2.05, 4.69) is 30.7 Å². The van der Waals surface area contributed by atoms with E-state index in [9.17, 15) is 4.79 Å². The van der Waals surface area contributed by atoms with Crippen LogP contribution in [-0.2, 0) is 4.79 Å². The maximum Gasteiger partial charge on any atom is 0.226 e. The Bertz CT molecular complexity index is 468. The predicted molar refractivity (Wildman–Crippen MR) is 72.3 cm³/mol. The van der Waals surface area contributed by atoms with E-state index in [1.54, 1.807) is 12.4 Å². The number of hydrogen-bond acceptors (Lipinski definition) is 3. The van der Waals surface area contributed by atoms with Crippen molar-refractivity contribution in [3.05, 3.63) is 24.3 Å². The molecule has 4 heteroatoms. The molecule has 1 aromatic rings. The minimum absolute atomic E-state index is 0.262. The normalized spacial score (nSPS) is 30.3. The van der Waals surface area contributed by atoms with E-state index in [1.807, 2.05) is 11.0 Å². The van der Waals surface area contributed by atoms with Crippen LogP contribution < -0.4 is 0 Å². The average molecular weight is 259 g/mol. The topological polar surface area (TPSA) is 46.1 Å². The molecule has 0 bridgehead atoms. The van der Waals surface area contributed by atoms with Gasteiger partial charge >= 0.3 is 0 Å². The molecule has 1 aliphatic carbocycles. The van der Waals surface area contributed by atoms with Crippen LogP contribution in [0.1, 0.15) is 32.5 Å². The van der Waals surface area contributed by atoms with Crippen molar-refractivity contribution in [3.8, 4) is 0 Å². The highest BCUT2D eigenvalue weighted by atomic mass is 16.2. The molecule has 2 aliphatic rings. The molecule has 1 aliphatic heterocycles. The summed E-state index contributed by atoms with van der Waals surface area (Å²) in [6, 6.07) is 1.82. The number of carbonyl (C=O) groups excluding carboxylic acids is 1. The number of likely N-dealkylation sites (tertiary alicyclic amines) is 1. The van der Waals surface area contributed by atoms with Crippen LogP contribution in [0.2, 0.25) is 0 Å². The SMILES string of the molecule is CC(C)C1C(C)C1C(=O)N1CC(c2ncccn2)C1. The smallest absolute Gasteiger partial charge is 0.226 e. The van der Waals surface area contributed by atoms with Crippen molar-refractivity contribution in [1.29, 1.82) is 0 Å². The summed E-state index contributed by atoms with van der Waals surface area (Å²) in [6.45, 7) is 8.20. The molecule has 2 heterocycles. The molecule has 0 aromatic carbocycles. The number of aromatic nitrogens is 2. The molecule has 1 amide bonds. The van der Waals surface area contributed by atoms with Gasteiger partial charge in [-0.2, -0.15) is 0 Å². The van der Waals surface area contributed by atoms with Crippen molar-refractivity contribution >= 4 is 5.91 Å². The highest BCUT2D eigenvalue weighted by molar-refractivity contribution is 5.83. The van der Waals surface area contributed by atoms with Gasteiger partial charge in [0.25, 0.3) is 0 Å². The summed E-state index contributed by atoms with van der Waals surface area (Å²) in [7, 11) is 0. The highest BCUT2D eigenvalue weighted by Gasteiger charge is 2.55. The number of nitrogens with zero attached hydrogens (tertiary/aromatic N) is 3. The summed E-state index contributed by atoms with van der Waals surface area (Å²) >= 11 is 0. The van der Waals surface area contributed by atoms with E-state index in [4.69, 9.17) is 0 Å². The molecule has 102 valence electrons. The first-order chi connectivity index (χ1) is 9.09. The van der Waals surface area contributed by atoms with E-state index < -0.39 is 0 Å². The van der Waals surface area contributed by atoms with E-state index in [-0.39, 0.29) is 5.92 Å². The maximum atomic E-state index is 12.4. The Morgan fingerprint density at radius 2 is 1.95 bits per heavy atom. The fourth-order valence-electron chi connectivity index (χ4n) is 3.46. The average Bonchev–Trinajstić information content (AvgIpc) is 3.00. The monoisotopic (exact) mass is 259 g/mol. The van der Waals surface area contributed by atoms with Crippen molar-refractivity contribution in [2.24, 2.45) is 23.7 Å². The highest BCUT2D eigenvalue weighted by Crippen LogP contribution is 2.52. The zero-order chi connectivity index (χ0) is 13.6. The van der Waals surface area contributed by atoms with Gasteiger partial charge in [0.2, 0.25) is 5.91 Å². The fourth-order valence-corrected chi connectivity index (χ4v) is 3.46. The van der Waals surface area contributed by atoms with Crippen LogP contribution in [0, 0.1) is 23.7 Å². The predicted octanol–water partition coefficient (Wildman–Crippen LogP) is 1.94. The molecule has 1 aromatic heterocycles. The summed E-state index contributed by atoms with van der Waals surface area (Å²) in [6.07, 6.45) is 3.54.